The number of hydrogen-bond acceptors (Lipinski definition) is 2. The van der Waals surface area contributed by atoms with Crippen LogP contribution in [0.2, 0.25) is 0 Å². The molecule has 0 aromatic heterocycles. The predicted octanol–water partition coefficient (Wildman–Crippen LogP) is 0.501. The summed E-state index contributed by atoms with van der Waals surface area (Å²) in [4.78, 5) is 13.6. The van der Waals surface area contributed by atoms with E-state index in [1.54, 1.807) is 0 Å². The van der Waals surface area contributed by atoms with E-state index >= 15 is 0 Å². The third kappa shape index (κ3) is 1.46. The molecule has 2 unspecified atom stereocenters. The number of nitrogens with zero attached hydrogens (tertiary/aromatic N) is 1. The van der Waals surface area contributed by atoms with Crippen LogP contribution in [0.15, 0.2) is 0 Å². The summed E-state index contributed by atoms with van der Waals surface area (Å²) in [5.41, 5.74) is 0. The highest BCUT2D eigenvalue weighted by Gasteiger charge is 2.41. The van der Waals surface area contributed by atoms with Crippen LogP contribution in [0.5, 0.6) is 0 Å². The van der Waals surface area contributed by atoms with Gasteiger partial charge in [-0.25, -0.2) is 0 Å². The normalized spacial score (nSPS) is 34.9. The Morgan fingerprint density at radius 3 is 2.50 bits per heavy atom. The zero-order chi connectivity index (χ0) is 8.55. The SMILES string of the molecule is CC1CC1C(=O)N1CCOCC1. The van der Waals surface area contributed by atoms with Gasteiger partial charge in [0.2, 0.25) is 5.91 Å². The molecular weight excluding hydrogens is 154 g/mol. The monoisotopic (exact) mass is 169 g/mol. The van der Waals surface area contributed by atoms with Gasteiger partial charge in [0, 0.05) is 19.0 Å². The first-order valence-electron chi connectivity index (χ1n) is 4.65. The second-order valence-corrected chi connectivity index (χ2v) is 3.76. The van der Waals surface area contributed by atoms with E-state index in [4.69, 9.17) is 4.74 Å². The number of hydrogen-bond donors (Lipinski definition) is 0. The van der Waals surface area contributed by atoms with Gasteiger partial charge in [-0.2, -0.15) is 0 Å². The molecule has 1 aliphatic heterocycles. The van der Waals surface area contributed by atoms with Crippen LogP contribution in [0.25, 0.3) is 0 Å². The van der Waals surface area contributed by atoms with Crippen LogP contribution in [0.4, 0.5) is 0 Å². The Morgan fingerprint density at radius 1 is 1.42 bits per heavy atom. The molecule has 0 spiro atoms. The van der Waals surface area contributed by atoms with Crippen molar-refractivity contribution in [3.05, 3.63) is 0 Å². The smallest absolute Gasteiger partial charge is 0.226 e. The van der Waals surface area contributed by atoms with Crippen LogP contribution in [0.1, 0.15) is 13.3 Å². The Kier molecular flexibility index (Phi) is 2.05. The quantitative estimate of drug-likeness (QED) is 0.572. The lowest BCUT2D eigenvalue weighted by Gasteiger charge is -2.26. The average Bonchev–Trinajstić information content (AvgIpc) is 2.83. The Balaban J connectivity index is 1.86. The van der Waals surface area contributed by atoms with Gasteiger partial charge in [0.15, 0.2) is 0 Å². The van der Waals surface area contributed by atoms with Gasteiger partial charge < -0.3 is 9.64 Å². The lowest BCUT2D eigenvalue weighted by atomic mass is 10.3. The molecule has 0 N–H and O–H groups in total. The first kappa shape index (κ1) is 8.05. The van der Waals surface area contributed by atoms with Crippen molar-refractivity contribution < 1.29 is 9.53 Å². The number of ether oxygens (including phenoxy) is 1. The lowest BCUT2D eigenvalue weighted by molar-refractivity contribution is -0.136. The molecule has 1 aliphatic carbocycles. The number of amides is 1. The summed E-state index contributed by atoms with van der Waals surface area (Å²) in [5, 5.41) is 0. The van der Waals surface area contributed by atoms with Gasteiger partial charge >= 0.3 is 0 Å². The second kappa shape index (κ2) is 3.05. The molecule has 3 nitrogen and oxygen atoms in total. The molecule has 12 heavy (non-hydrogen) atoms. The van der Waals surface area contributed by atoms with E-state index in [1.165, 1.54) is 0 Å². The predicted molar refractivity (Wildman–Crippen MR) is 44.7 cm³/mol. The number of carbonyl (C=O) groups excluding carboxylic acids is 1. The van der Waals surface area contributed by atoms with Gasteiger partial charge in [-0.3, -0.25) is 4.79 Å². The van der Waals surface area contributed by atoms with Crippen molar-refractivity contribution in [3.63, 3.8) is 0 Å². The fourth-order valence-corrected chi connectivity index (χ4v) is 1.68. The summed E-state index contributed by atoms with van der Waals surface area (Å²) in [6.45, 7) is 5.16. The Labute approximate surface area is 72.7 Å². The molecular formula is C9H15NO2. The van der Waals surface area contributed by atoms with Crippen molar-refractivity contribution in [3.8, 4) is 0 Å². The molecule has 68 valence electrons. The summed E-state index contributed by atoms with van der Waals surface area (Å²) < 4.78 is 5.18. The summed E-state index contributed by atoms with van der Waals surface area (Å²) in [6, 6.07) is 0. The highest BCUT2D eigenvalue weighted by atomic mass is 16.5. The molecule has 1 amide bonds. The van der Waals surface area contributed by atoms with E-state index < -0.39 is 0 Å². The Bertz CT molecular complexity index is 187. The van der Waals surface area contributed by atoms with Gasteiger partial charge in [0.1, 0.15) is 0 Å². The molecule has 0 aromatic carbocycles. The molecule has 0 aromatic rings. The van der Waals surface area contributed by atoms with Crippen LogP contribution >= 0.6 is 0 Å². The molecule has 1 saturated carbocycles. The molecule has 1 saturated heterocycles. The van der Waals surface area contributed by atoms with Gasteiger partial charge in [0.05, 0.1) is 13.2 Å². The summed E-state index contributed by atoms with van der Waals surface area (Å²) in [5.74, 6) is 1.31. The maximum Gasteiger partial charge on any atom is 0.226 e. The molecule has 1 heterocycles. The molecule has 3 heteroatoms. The molecule has 2 fully saturated rings. The highest BCUT2D eigenvalue weighted by Crippen LogP contribution is 2.39. The van der Waals surface area contributed by atoms with Crippen LogP contribution in [0, 0.1) is 11.8 Å². The van der Waals surface area contributed by atoms with Crippen molar-refractivity contribution in [1.82, 2.24) is 4.90 Å². The summed E-state index contributed by atoms with van der Waals surface area (Å²) >= 11 is 0. The Morgan fingerprint density at radius 2 is 2.00 bits per heavy atom. The van der Waals surface area contributed by atoms with Crippen LogP contribution in [-0.2, 0) is 9.53 Å². The van der Waals surface area contributed by atoms with Crippen molar-refractivity contribution >= 4 is 5.91 Å². The third-order valence-corrected chi connectivity index (χ3v) is 2.75. The fraction of sp³-hybridized carbons (Fsp3) is 0.889. The zero-order valence-electron chi connectivity index (χ0n) is 7.45. The van der Waals surface area contributed by atoms with E-state index in [0.29, 0.717) is 31.0 Å². The van der Waals surface area contributed by atoms with E-state index in [-0.39, 0.29) is 0 Å². The van der Waals surface area contributed by atoms with E-state index in [1.807, 2.05) is 4.90 Å². The van der Waals surface area contributed by atoms with Crippen molar-refractivity contribution in [1.29, 1.82) is 0 Å². The van der Waals surface area contributed by atoms with E-state index in [0.717, 1.165) is 19.5 Å². The highest BCUT2D eigenvalue weighted by molar-refractivity contribution is 5.81. The lowest BCUT2D eigenvalue weighted by Crippen LogP contribution is -2.41. The number of carbonyl (C=O) groups is 1. The standard InChI is InChI=1S/C9H15NO2/c1-7-6-8(7)9(11)10-2-4-12-5-3-10/h7-8H,2-6H2,1H3. The summed E-state index contributed by atoms with van der Waals surface area (Å²) in [7, 11) is 0. The minimum absolute atomic E-state index is 0.336. The van der Waals surface area contributed by atoms with Crippen LogP contribution in [-0.4, -0.2) is 37.1 Å². The minimum atomic E-state index is 0.336. The van der Waals surface area contributed by atoms with Crippen molar-refractivity contribution in [2.24, 2.45) is 11.8 Å². The maximum atomic E-state index is 11.6. The maximum absolute atomic E-state index is 11.6. The largest absolute Gasteiger partial charge is 0.378 e. The molecule has 0 radical (unpaired) electrons. The van der Waals surface area contributed by atoms with Crippen molar-refractivity contribution in [2.75, 3.05) is 26.3 Å². The van der Waals surface area contributed by atoms with Crippen molar-refractivity contribution in [2.45, 2.75) is 13.3 Å². The van der Waals surface area contributed by atoms with Crippen LogP contribution < -0.4 is 0 Å². The van der Waals surface area contributed by atoms with Gasteiger partial charge in [-0.15, -0.1) is 0 Å². The minimum Gasteiger partial charge on any atom is -0.378 e. The van der Waals surface area contributed by atoms with Gasteiger partial charge in [0.25, 0.3) is 0 Å². The molecule has 2 aliphatic rings. The van der Waals surface area contributed by atoms with Gasteiger partial charge in [-0.05, 0) is 12.3 Å². The fourth-order valence-electron chi connectivity index (χ4n) is 1.68. The first-order chi connectivity index (χ1) is 5.79. The van der Waals surface area contributed by atoms with E-state index in [9.17, 15) is 4.79 Å². The zero-order valence-corrected chi connectivity index (χ0v) is 7.45. The van der Waals surface area contributed by atoms with Gasteiger partial charge in [-0.1, -0.05) is 6.92 Å². The van der Waals surface area contributed by atoms with Crippen LogP contribution in [0.3, 0.4) is 0 Å². The topological polar surface area (TPSA) is 29.5 Å². The van der Waals surface area contributed by atoms with E-state index in [2.05, 4.69) is 6.92 Å². The molecule has 2 rings (SSSR count). The third-order valence-electron chi connectivity index (χ3n) is 2.75. The second-order valence-electron chi connectivity index (χ2n) is 3.76. The molecule has 0 bridgehead atoms. The Hall–Kier alpha value is -0.570. The number of morpholine rings is 1. The molecule has 2 atom stereocenters. The number of rotatable bonds is 1. The first-order valence-corrected chi connectivity index (χ1v) is 4.65. The summed E-state index contributed by atoms with van der Waals surface area (Å²) in [6.07, 6.45) is 1.09. The average molecular weight is 169 g/mol.